The summed E-state index contributed by atoms with van der Waals surface area (Å²) in [6.07, 6.45) is 3.00. The molecule has 0 radical (unpaired) electrons. The molecule has 0 aliphatic rings. The van der Waals surface area contributed by atoms with Crippen LogP contribution in [0.4, 0.5) is 17.3 Å². The molecule has 0 saturated heterocycles. The van der Waals surface area contributed by atoms with Gasteiger partial charge >= 0.3 is 0 Å². The molecule has 2 heterocycles. The first-order valence-corrected chi connectivity index (χ1v) is 6.21. The molecule has 0 atom stereocenters. The van der Waals surface area contributed by atoms with Crippen LogP contribution in [0.5, 0.6) is 0 Å². The molecule has 0 amide bonds. The Kier molecular flexibility index (Phi) is 4.36. The van der Waals surface area contributed by atoms with Crippen LogP contribution in [0.3, 0.4) is 0 Å². The summed E-state index contributed by atoms with van der Waals surface area (Å²) in [6, 6.07) is 3.13. The number of nitrogens with zero attached hydrogens (tertiary/aromatic N) is 4. The molecule has 2 N–H and O–H groups in total. The van der Waals surface area contributed by atoms with Crippen molar-refractivity contribution in [3.05, 3.63) is 39.7 Å². The van der Waals surface area contributed by atoms with E-state index in [0.29, 0.717) is 18.9 Å². The van der Waals surface area contributed by atoms with Crippen LogP contribution in [-0.4, -0.2) is 32.8 Å². The lowest BCUT2D eigenvalue weighted by molar-refractivity contribution is -0.385. The summed E-state index contributed by atoms with van der Waals surface area (Å²) in [5.41, 5.74) is -0.132. The van der Waals surface area contributed by atoms with E-state index in [9.17, 15) is 10.1 Å². The fourth-order valence-corrected chi connectivity index (χ4v) is 1.77. The average Bonchev–Trinajstić information content (AvgIpc) is 2.81. The Morgan fingerprint density at radius 3 is 2.80 bits per heavy atom. The quantitative estimate of drug-likeness (QED) is 0.480. The van der Waals surface area contributed by atoms with Crippen molar-refractivity contribution in [2.75, 3.05) is 23.7 Å². The minimum Gasteiger partial charge on any atom is -0.367 e. The van der Waals surface area contributed by atoms with Crippen LogP contribution in [0.1, 0.15) is 0 Å². The van der Waals surface area contributed by atoms with Gasteiger partial charge in [0.15, 0.2) is 0 Å². The summed E-state index contributed by atoms with van der Waals surface area (Å²) in [5.74, 6) is 1.19. The molecule has 0 aliphatic carbocycles. The second-order valence-corrected chi connectivity index (χ2v) is 4.42. The predicted molar refractivity (Wildman–Crippen MR) is 76.1 cm³/mol. The lowest BCUT2D eigenvalue weighted by Crippen LogP contribution is -2.15. The molecule has 2 aromatic heterocycles. The number of halogens is 1. The van der Waals surface area contributed by atoms with Gasteiger partial charge in [-0.2, -0.15) is 5.10 Å². The van der Waals surface area contributed by atoms with Gasteiger partial charge in [-0.25, -0.2) is 4.98 Å². The topological polar surface area (TPSA) is 97.9 Å². The molecule has 0 spiro atoms. The fourth-order valence-electron chi connectivity index (χ4n) is 1.54. The number of nitrogens with one attached hydrogen (secondary N) is 2. The van der Waals surface area contributed by atoms with Gasteiger partial charge in [0.2, 0.25) is 0 Å². The molecule has 0 unspecified atom stereocenters. The second kappa shape index (κ2) is 6.20. The molecule has 20 heavy (non-hydrogen) atoms. The highest BCUT2D eigenvalue weighted by atomic mass is 35.5. The Hall–Kier alpha value is -2.35. The monoisotopic (exact) mass is 296 g/mol. The summed E-state index contributed by atoms with van der Waals surface area (Å²) in [6.45, 7) is 1.17. The summed E-state index contributed by atoms with van der Waals surface area (Å²) in [7, 11) is 1.84. The minimum atomic E-state index is -0.536. The van der Waals surface area contributed by atoms with E-state index in [1.807, 2.05) is 19.3 Å². The molecule has 2 rings (SSSR count). The third kappa shape index (κ3) is 3.58. The fraction of sp³-hybridized carbons (Fsp3) is 0.273. The number of aromatic nitrogens is 3. The lowest BCUT2D eigenvalue weighted by Gasteiger charge is -2.07. The van der Waals surface area contributed by atoms with E-state index in [2.05, 4.69) is 20.7 Å². The smallest absolute Gasteiger partial charge is 0.289 e. The maximum absolute atomic E-state index is 10.6. The van der Waals surface area contributed by atoms with E-state index >= 15 is 0 Å². The molecule has 0 saturated carbocycles. The van der Waals surface area contributed by atoms with Crippen molar-refractivity contribution in [1.29, 1.82) is 0 Å². The van der Waals surface area contributed by atoms with Crippen LogP contribution in [0.2, 0.25) is 5.02 Å². The summed E-state index contributed by atoms with van der Waals surface area (Å²) >= 11 is 5.91. The van der Waals surface area contributed by atoms with Crippen LogP contribution in [0.25, 0.3) is 0 Å². The van der Waals surface area contributed by atoms with Gasteiger partial charge in [0, 0.05) is 38.5 Å². The van der Waals surface area contributed by atoms with E-state index in [-0.39, 0.29) is 10.7 Å². The van der Waals surface area contributed by atoms with Gasteiger partial charge in [-0.05, 0) is 0 Å². The number of pyridine rings is 1. The van der Waals surface area contributed by atoms with Crippen molar-refractivity contribution in [1.82, 2.24) is 14.8 Å². The Balaban J connectivity index is 1.83. The van der Waals surface area contributed by atoms with E-state index in [4.69, 9.17) is 11.6 Å². The summed E-state index contributed by atoms with van der Waals surface area (Å²) in [5, 5.41) is 21.0. The minimum absolute atomic E-state index is 0.132. The van der Waals surface area contributed by atoms with Crippen LogP contribution < -0.4 is 10.6 Å². The zero-order valence-corrected chi connectivity index (χ0v) is 11.5. The number of aryl methyl sites for hydroxylation is 1. The third-order valence-electron chi connectivity index (χ3n) is 2.47. The largest absolute Gasteiger partial charge is 0.367 e. The van der Waals surface area contributed by atoms with Gasteiger partial charge in [0.05, 0.1) is 9.95 Å². The normalized spacial score (nSPS) is 10.3. The average molecular weight is 297 g/mol. The zero-order valence-electron chi connectivity index (χ0n) is 10.7. The molecule has 106 valence electrons. The highest BCUT2D eigenvalue weighted by molar-refractivity contribution is 6.33. The number of rotatable bonds is 6. The lowest BCUT2D eigenvalue weighted by atomic mass is 10.4. The third-order valence-corrected chi connectivity index (χ3v) is 2.76. The van der Waals surface area contributed by atoms with Gasteiger partial charge in [-0.15, -0.1) is 0 Å². The Labute approximate surface area is 119 Å². The zero-order chi connectivity index (χ0) is 14.5. The summed E-state index contributed by atoms with van der Waals surface area (Å²) in [4.78, 5) is 13.9. The maximum Gasteiger partial charge on any atom is 0.289 e. The SMILES string of the molecule is Cn1ccc(NCCNc2ncc([N+](=O)[O-])cc2Cl)n1. The molecular weight excluding hydrogens is 284 g/mol. The van der Waals surface area contributed by atoms with E-state index in [1.165, 1.54) is 12.3 Å². The van der Waals surface area contributed by atoms with Gasteiger partial charge in [-0.3, -0.25) is 14.8 Å². The summed E-state index contributed by atoms with van der Waals surface area (Å²) < 4.78 is 1.70. The first-order valence-electron chi connectivity index (χ1n) is 5.83. The van der Waals surface area contributed by atoms with E-state index in [1.54, 1.807) is 4.68 Å². The number of hydrogen-bond acceptors (Lipinski definition) is 6. The van der Waals surface area contributed by atoms with Crippen molar-refractivity contribution in [3.63, 3.8) is 0 Å². The Bertz CT molecular complexity index is 615. The first-order chi connectivity index (χ1) is 9.56. The van der Waals surface area contributed by atoms with Crippen LogP contribution in [-0.2, 0) is 7.05 Å². The molecular formula is C11H13ClN6O2. The van der Waals surface area contributed by atoms with Crippen LogP contribution in [0.15, 0.2) is 24.5 Å². The van der Waals surface area contributed by atoms with Gasteiger partial charge in [0.25, 0.3) is 5.69 Å². The molecule has 2 aromatic rings. The van der Waals surface area contributed by atoms with E-state index < -0.39 is 4.92 Å². The second-order valence-electron chi connectivity index (χ2n) is 4.01. The van der Waals surface area contributed by atoms with E-state index in [0.717, 1.165) is 5.82 Å². The standard InChI is InChI=1S/C11H13ClN6O2/c1-17-5-2-10(16-17)13-3-4-14-11-9(12)6-8(7-15-11)18(19)20/h2,5-7H,3-4H2,1H3,(H,13,16)(H,14,15). The molecule has 9 heteroatoms. The highest BCUT2D eigenvalue weighted by Crippen LogP contribution is 2.23. The van der Waals surface area contributed by atoms with Crippen molar-refractivity contribution < 1.29 is 4.92 Å². The molecule has 0 fully saturated rings. The molecule has 0 aromatic carbocycles. The predicted octanol–water partition coefficient (Wildman–Crippen LogP) is 1.90. The van der Waals surface area contributed by atoms with Gasteiger partial charge in [-0.1, -0.05) is 11.6 Å². The van der Waals surface area contributed by atoms with Crippen LogP contribution >= 0.6 is 11.6 Å². The van der Waals surface area contributed by atoms with Crippen molar-refractivity contribution >= 4 is 28.9 Å². The Morgan fingerprint density at radius 1 is 1.45 bits per heavy atom. The Morgan fingerprint density at radius 2 is 2.20 bits per heavy atom. The number of anilines is 2. The molecule has 8 nitrogen and oxygen atoms in total. The van der Waals surface area contributed by atoms with Gasteiger partial charge < -0.3 is 10.6 Å². The van der Waals surface area contributed by atoms with Crippen molar-refractivity contribution in [2.45, 2.75) is 0 Å². The van der Waals surface area contributed by atoms with Gasteiger partial charge in [0.1, 0.15) is 17.8 Å². The molecule has 0 bridgehead atoms. The highest BCUT2D eigenvalue weighted by Gasteiger charge is 2.10. The maximum atomic E-state index is 10.6. The van der Waals surface area contributed by atoms with Crippen molar-refractivity contribution in [2.24, 2.45) is 7.05 Å². The van der Waals surface area contributed by atoms with Crippen molar-refractivity contribution in [3.8, 4) is 0 Å². The number of nitro groups is 1. The first kappa shape index (κ1) is 14.1. The molecule has 0 aliphatic heterocycles. The number of hydrogen-bond donors (Lipinski definition) is 2. The van der Waals surface area contributed by atoms with Crippen LogP contribution in [0, 0.1) is 10.1 Å².